The number of halogens is 1. The molecule has 102 valence electrons. The van der Waals surface area contributed by atoms with E-state index in [1.165, 1.54) is 18.2 Å². The van der Waals surface area contributed by atoms with Gasteiger partial charge in [-0.25, -0.2) is 0 Å². The predicted octanol–water partition coefficient (Wildman–Crippen LogP) is 1.86. The van der Waals surface area contributed by atoms with E-state index in [4.69, 9.17) is 5.11 Å². The summed E-state index contributed by atoms with van der Waals surface area (Å²) in [5.41, 5.74) is -0.0948. The van der Waals surface area contributed by atoms with E-state index in [0.717, 1.165) is 12.8 Å². The zero-order valence-corrected chi connectivity index (χ0v) is 11.6. The van der Waals surface area contributed by atoms with Crippen LogP contribution in [0.2, 0.25) is 0 Å². The lowest BCUT2D eigenvalue weighted by Gasteiger charge is -2.13. The van der Waals surface area contributed by atoms with Gasteiger partial charge in [0.1, 0.15) is 0 Å². The van der Waals surface area contributed by atoms with Crippen LogP contribution in [0.25, 0.3) is 0 Å². The number of non-ortho nitro benzene ring substituents is 1. The fourth-order valence-electron chi connectivity index (χ4n) is 1.73. The van der Waals surface area contributed by atoms with E-state index in [1.54, 1.807) is 0 Å². The molecular formula is C12H13BrN2O4. The van der Waals surface area contributed by atoms with Gasteiger partial charge in [0.25, 0.3) is 11.6 Å². The topological polar surface area (TPSA) is 92.5 Å². The molecule has 0 bridgehead atoms. The Hall–Kier alpha value is -1.47. The number of amides is 1. The second-order valence-electron chi connectivity index (χ2n) is 4.76. The van der Waals surface area contributed by atoms with Crippen LogP contribution in [0.1, 0.15) is 23.2 Å². The number of nitrogens with one attached hydrogen (secondary N) is 1. The maximum Gasteiger partial charge on any atom is 0.270 e. The number of hydrogen-bond acceptors (Lipinski definition) is 4. The summed E-state index contributed by atoms with van der Waals surface area (Å²) >= 11 is 3.20. The Kier molecular flexibility index (Phi) is 3.86. The molecule has 1 aliphatic rings. The number of carbonyl (C=O) groups excluding carboxylic acids is 1. The summed E-state index contributed by atoms with van der Waals surface area (Å²) in [5.74, 6) is -0.379. The molecule has 0 spiro atoms. The van der Waals surface area contributed by atoms with E-state index in [-0.39, 0.29) is 29.2 Å². The number of nitrogens with zero attached hydrogens (tertiary/aromatic N) is 1. The van der Waals surface area contributed by atoms with Gasteiger partial charge >= 0.3 is 0 Å². The SMILES string of the molecule is O=C(NCC1(CO)CC1)c1cc([N+](=O)[O-])ccc1Br. The number of carbonyl (C=O) groups is 1. The van der Waals surface area contributed by atoms with Crippen molar-refractivity contribution >= 4 is 27.5 Å². The first-order valence-electron chi connectivity index (χ1n) is 5.80. The zero-order valence-electron chi connectivity index (χ0n) is 10.1. The predicted molar refractivity (Wildman–Crippen MR) is 71.9 cm³/mol. The molecule has 0 atom stereocenters. The molecule has 7 heteroatoms. The fourth-order valence-corrected chi connectivity index (χ4v) is 2.16. The Morgan fingerprint density at radius 1 is 1.53 bits per heavy atom. The van der Waals surface area contributed by atoms with Crippen LogP contribution in [-0.4, -0.2) is 29.1 Å². The van der Waals surface area contributed by atoms with Crippen molar-refractivity contribution in [3.8, 4) is 0 Å². The maximum absolute atomic E-state index is 12.0. The number of aliphatic hydroxyl groups is 1. The van der Waals surface area contributed by atoms with E-state index < -0.39 is 4.92 Å². The van der Waals surface area contributed by atoms with E-state index in [1.807, 2.05) is 0 Å². The summed E-state index contributed by atoms with van der Waals surface area (Å²) < 4.78 is 0.504. The Bertz CT molecular complexity index is 528. The van der Waals surface area contributed by atoms with Crippen LogP contribution in [0.4, 0.5) is 5.69 Å². The van der Waals surface area contributed by atoms with Crippen LogP contribution in [0.15, 0.2) is 22.7 Å². The van der Waals surface area contributed by atoms with Gasteiger partial charge in [-0.15, -0.1) is 0 Å². The number of nitro groups is 1. The molecule has 19 heavy (non-hydrogen) atoms. The molecule has 6 nitrogen and oxygen atoms in total. The van der Waals surface area contributed by atoms with Crippen LogP contribution in [0.5, 0.6) is 0 Å². The van der Waals surface area contributed by atoms with E-state index in [9.17, 15) is 14.9 Å². The van der Waals surface area contributed by atoms with Crippen LogP contribution in [0.3, 0.4) is 0 Å². The van der Waals surface area contributed by atoms with Gasteiger partial charge in [-0.2, -0.15) is 0 Å². The van der Waals surface area contributed by atoms with Gasteiger partial charge in [0.05, 0.1) is 17.1 Å². The summed E-state index contributed by atoms with van der Waals surface area (Å²) in [5, 5.41) is 22.6. The Morgan fingerprint density at radius 2 is 2.21 bits per heavy atom. The molecule has 0 saturated heterocycles. The third-order valence-electron chi connectivity index (χ3n) is 3.32. The number of benzene rings is 1. The molecule has 2 rings (SSSR count). The summed E-state index contributed by atoms with van der Waals surface area (Å²) in [6.07, 6.45) is 1.78. The van der Waals surface area contributed by atoms with Gasteiger partial charge in [-0.1, -0.05) is 0 Å². The lowest BCUT2D eigenvalue weighted by molar-refractivity contribution is -0.384. The normalized spacial score (nSPS) is 15.9. The third-order valence-corrected chi connectivity index (χ3v) is 4.01. The van der Waals surface area contributed by atoms with E-state index in [0.29, 0.717) is 11.0 Å². The standard InChI is InChI=1S/C12H13BrN2O4/c13-10-2-1-8(15(18)19)5-9(10)11(17)14-6-12(7-16)3-4-12/h1-2,5,16H,3-4,6-7H2,(H,14,17). The highest BCUT2D eigenvalue weighted by molar-refractivity contribution is 9.10. The van der Waals surface area contributed by atoms with Crippen molar-refractivity contribution < 1.29 is 14.8 Å². The van der Waals surface area contributed by atoms with Crippen molar-refractivity contribution in [2.45, 2.75) is 12.8 Å². The van der Waals surface area contributed by atoms with Crippen molar-refractivity contribution in [3.05, 3.63) is 38.3 Å². The van der Waals surface area contributed by atoms with E-state index in [2.05, 4.69) is 21.2 Å². The highest BCUT2D eigenvalue weighted by Gasteiger charge is 2.42. The molecule has 0 radical (unpaired) electrons. The smallest absolute Gasteiger partial charge is 0.270 e. The van der Waals surface area contributed by atoms with E-state index >= 15 is 0 Å². The van der Waals surface area contributed by atoms with Gasteiger partial charge < -0.3 is 10.4 Å². The van der Waals surface area contributed by atoms with Crippen molar-refractivity contribution in [1.82, 2.24) is 5.32 Å². The van der Waals surface area contributed by atoms with Gasteiger partial charge in [0.15, 0.2) is 0 Å². The second kappa shape index (κ2) is 5.26. The summed E-state index contributed by atoms with van der Waals surface area (Å²) in [4.78, 5) is 22.1. The minimum absolute atomic E-state index is 0.0450. The van der Waals surface area contributed by atoms with Gasteiger partial charge in [0.2, 0.25) is 0 Å². The summed E-state index contributed by atoms with van der Waals surface area (Å²) in [6.45, 7) is 0.431. The monoisotopic (exact) mass is 328 g/mol. The van der Waals surface area contributed by atoms with Gasteiger partial charge in [-0.3, -0.25) is 14.9 Å². The molecule has 0 aliphatic heterocycles. The Balaban J connectivity index is 2.10. The first-order chi connectivity index (χ1) is 8.97. The highest BCUT2D eigenvalue weighted by Crippen LogP contribution is 2.44. The van der Waals surface area contributed by atoms with Gasteiger partial charge in [0, 0.05) is 28.6 Å². The van der Waals surface area contributed by atoms with Crippen LogP contribution < -0.4 is 5.32 Å². The molecule has 1 aromatic carbocycles. The zero-order chi connectivity index (χ0) is 14.0. The summed E-state index contributed by atoms with van der Waals surface area (Å²) in [7, 11) is 0. The number of nitro benzene ring substituents is 1. The van der Waals surface area contributed by atoms with Crippen LogP contribution >= 0.6 is 15.9 Å². The number of aliphatic hydroxyl groups excluding tert-OH is 1. The third kappa shape index (κ3) is 3.10. The van der Waals surface area contributed by atoms with Crippen LogP contribution in [0, 0.1) is 15.5 Å². The van der Waals surface area contributed by atoms with Crippen molar-refractivity contribution in [2.75, 3.05) is 13.2 Å². The minimum atomic E-state index is -0.542. The van der Waals surface area contributed by atoms with Gasteiger partial charge in [-0.05, 0) is 34.8 Å². The Morgan fingerprint density at radius 3 is 2.74 bits per heavy atom. The van der Waals surface area contributed by atoms with Crippen molar-refractivity contribution in [3.63, 3.8) is 0 Å². The Labute approximate surface area is 118 Å². The molecule has 1 saturated carbocycles. The molecule has 1 amide bonds. The fraction of sp³-hybridized carbons (Fsp3) is 0.417. The average molecular weight is 329 g/mol. The summed E-state index contributed by atoms with van der Waals surface area (Å²) in [6, 6.07) is 4.04. The molecule has 1 aromatic rings. The number of rotatable bonds is 5. The molecular weight excluding hydrogens is 316 g/mol. The molecule has 0 aromatic heterocycles. The maximum atomic E-state index is 12.0. The highest BCUT2D eigenvalue weighted by atomic mass is 79.9. The largest absolute Gasteiger partial charge is 0.396 e. The second-order valence-corrected chi connectivity index (χ2v) is 5.62. The average Bonchev–Trinajstić information content (AvgIpc) is 3.17. The molecule has 1 aliphatic carbocycles. The first-order valence-corrected chi connectivity index (χ1v) is 6.60. The number of hydrogen-bond donors (Lipinski definition) is 2. The minimum Gasteiger partial charge on any atom is -0.396 e. The lowest BCUT2D eigenvalue weighted by atomic mass is 10.1. The molecule has 1 fully saturated rings. The first kappa shape index (κ1) is 14.0. The van der Waals surface area contributed by atoms with Crippen molar-refractivity contribution in [2.24, 2.45) is 5.41 Å². The molecule has 2 N–H and O–H groups in total. The quantitative estimate of drug-likeness (QED) is 0.637. The lowest BCUT2D eigenvalue weighted by Crippen LogP contribution is -2.32. The van der Waals surface area contributed by atoms with Crippen LogP contribution in [-0.2, 0) is 0 Å². The molecule has 0 unspecified atom stereocenters. The molecule has 0 heterocycles. The van der Waals surface area contributed by atoms with Crippen molar-refractivity contribution in [1.29, 1.82) is 0 Å².